The van der Waals surface area contributed by atoms with E-state index in [0.29, 0.717) is 40.5 Å². The number of anilines is 1. The number of hydrogen-bond acceptors (Lipinski definition) is 7. The van der Waals surface area contributed by atoms with Crippen molar-refractivity contribution in [3.8, 4) is 22.8 Å². The van der Waals surface area contributed by atoms with Gasteiger partial charge in [-0.2, -0.15) is 5.10 Å². The molecule has 0 saturated heterocycles. The van der Waals surface area contributed by atoms with Gasteiger partial charge in [0, 0.05) is 54.5 Å². The Bertz CT molecular complexity index is 1730. The average molecular weight is 566 g/mol. The number of pyridine rings is 2. The average Bonchev–Trinajstić information content (AvgIpc) is 3.57. The number of benzene rings is 1. The molecule has 0 atom stereocenters. The van der Waals surface area contributed by atoms with Crippen LogP contribution in [0.4, 0.5) is 10.1 Å². The van der Waals surface area contributed by atoms with Crippen LogP contribution in [0.2, 0.25) is 0 Å². The van der Waals surface area contributed by atoms with Crippen molar-refractivity contribution in [2.45, 2.75) is 20.4 Å². The Morgan fingerprint density at radius 1 is 1.12 bits per heavy atom. The molecule has 0 fully saturated rings. The number of likely N-dealkylation sites (N-methyl/N-ethyl adjacent to an activating group) is 1. The van der Waals surface area contributed by atoms with E-state index in [1.54, 1.807) is 6.08 Å². The molecule has 0 bridgehead atoms. The summed E-state index contributed by atoms with van der Waals surface area (Å²) in [7, 11) is 4.00. The van der Waals surface area contributed by atoms with Gasteiger partial charge in [0.25, 0.3) is 0 Å². The van der Waals surface area contributed by atoms with Crippen molar-refractivity contribution in [1.29, 1.82) is 0 Å². The number of fused-ring (bicyclic) bond motifs is 1. The number of aromatic amines is 2. The lowest BCUT2D eigenvalue weighted by Gasteiger charge is -2.13. The van der Waals surface area contributed by atoms with Crippen molar-refractivity contribution in [2.24, 2.45) is 0 Å². The standard InChI is InChI=1S/C32H36FN9/c1-6-8-26(22-14-24(33)16-25(15-22)36-11-12-42(4)5)29-20(3)37-32(39-29)31-30-28(40-41-31)10-9-27(38-30)23-13-21(17-34-7-2)18-35-19-23/h6,8-10,13-16,18-19,34,36H,1,7,11-12,17H2,2-5H3,(H,37,39)(H,40,41)/b26-8-. The van der Waals surface area contributed by atoms with Crippen LogP contribution in [0.25, 0.3) is 39.4 Å². The smallest absolute Gasteiger partial charge is 0.161 e. The molecule has 0 aliphatic heterocycles. The maximum absolute atomic E-state index is 14.7. The first kappa shape index (κ1) is 28.8. The van der Waals surface area contributed by atoms with Crippen LogP contribution < -0.4 is 10.6 Å². The predicted molar refractivity (Wildman–Crippen MR) is 168 cm³/mol. The summed E-state index contributed by atoms with van der Waals surface area (Å²) in [5.41, 5.74) is 8.53. The zero-order valence-electron chi connectivity index (χ0n) is 24.4. The molecule has 0 radical (unpaired) electrons. The zero-order chi connectivity index (χ0) is 29.6. The molecule has 216 valence electrons. The van der Waals surface area contributed by atoms with Crippen LogP contribution in [-0.2, 0) is 6.54 Å². The second-order valence-corrected chi connectivity index (χ2v) is 10.4. The van der Waals surface area contributed by atoms with E-state index >= 15 is 0 Å². The minimum absolute atomic E-state index is 0.331. The Hall–Kier alpha value is -4.67. The van der Waals surface area contributed by atoms with Crippen LogP contribution in [0, 0.1) is 12.7 Å². The van der Waals surface area contributed by atoms with Crippen LogP contribution in [0.15, 0.2) is 67.5 Å². The van der Waals surface area contributed by atoms with Gasteiger partial charge in [0.05, 0.1) is 16.9 Å². The molecule has 1 aromatic carbocycles. The summed E-state index contributed by atoms with van der Waals surface area (Å²) < 4.78 is 14.7. The minimum atomic E-state index is -0.331. The number of allylic oxidation sites excluding steroid dienone is 2. The highest BCUT2D eigenvalue weighted by atomic mass is 19.1. The lowest BCUT2D eigenvalue weighted by Crippen LogP contribution is -2.20. The second kappa shape index (κ2) is 12.9. The number of nitrogens with one attached hydrogen (secondary N) is 4. The molecule has 10 heteroatoms. The fraction of sp³-hybridized carbons (Fsp3) is 0.250. The molecule has 5 aromatic rings. The van der Waals surface area contributed by atoms with Gasteiger partial charge in [-0.15, -0.1) is 0 Å². The molecule has 5 rings (SSSR count). The molecule has 0 spiro atoms. The molecule has 0 amide bonds. The van der Waals surface area contributed by atoms with Crippen molar-refractivity contribution in [1.82, 2.24) is 40.3 Å². The molecule has 0 unspecified atom stereocenters. The quantitative estimate of drug-likeness (QED) is 0.147. The van der Waals surface area contributed by atoms with Gasteiger partial charge in [0.15, 0.2) is 11.5 Å². The maximum atomic E-state index is 14.7. The lowest BCUT2D eigenvalue weighted by molar-refractivity contribution is 0.425. The lowest BCUT2D eigenvalue weighted by atomic mass is 10.00. The summed E-state index contributed by atoms with van der Waals surface area (Å²) in [5, 5.41) is 14.3. The third-order valence-corrected chi connectivity index (χ3v) is 6.82. The van der Waals surface area contributed by atoms with E-state index in [9.17, 15) is 4.39 Å². The van der Waals surface area contributed by atoms with Gasteiger partial charge >= 0.3 is 0 Å². The molecule has 9 nitrogen and oxygen atoms in total. The molecule has 42 heavy (non-hydrogen) atoms. The van der Waals surface area contributed by atoms with Gasteiger partial charge in [0.2, 0.25) is 0 Å². The van der Waals surface area contributed by atoms with Gasteiger partial charge in [0.1, 0.15) is 11.3 Å². The molecular weight excluding hydrogens is 529 g/mol. The number of aryl methyl sites for hydroxylation is 1. The molecule has 4 N–H and O–H groups in total. The number of imidazole rings is 1. The van der Waals surface area contributed by atoms with Crippen LogP contribution >= 0.6 is 0 Å². The Labute approximate surface area is 245 Å². The van der Waals surface area contributed by atoms with Crippen molar-refractivity contribution >= 4 is 22.3 Å². The van der Waals surface area contributed by atoms with Gasteiger partial charge < -0.3 is 20.5 Å². The van der Waals surface area contributed by atoms with E-state index in [1.165, 1.54) is 12.1 Å². The van der Waals surface area contributed by atoms with Gasteiger partial charge in [-0.3, -0.25) is 10.1 Å². The number of hydrogen-bond donors (Lipinski definition) is 4. The Morgan fingerprint density at radius 2 is 1.98 bits per heavy atom. The number of aromatic nitrogens is 6. The summed E-state index contributed by atoms with van der Waals surface area (Å²) in [5.74, 6) is 0.232. The number of halogens is 1. The molecule has 0 aliphatic rings. The molecule has 4 aromatic heterocycles. The SMILES string of the molecule is C=C/C=C(/c1cc(F)cc(NCCN(C)C)c1)c1nc(-c2n[nH]c3ccc(-c4cncc(CNCC)c4)nc23)[nH]c1C. The number of rotatable bonds is 12. The highest BCUT2D eigenvalue weighted by Gasteiger charge is 2.19. The van der Waals surface area contributed by atoms with Crippen LogP contribution in [0.3, 0.4) is 0 Å². The summed E-state index contributed by atoms with van der Waals surface area (Å²) in [6.45, 7) is 11.0. The third-order valence-electron chi connectivity index (χ3n) is 6.82. The van der Waals surface area contributed by atoms with Crippen LogP contribution in [-0.4, -0.2) is 68.8 Å². The van der Waals surface area contributed by atoms with E-state index in [4.69, 9.17) is 9.97 Å². The molecule has 0 aliphatic carbocycles. The largest absolute Gasteiger partial charge is 0.384 e. The van der Waals surface area contributed by atoms with E-state index in [1.807, 2.05) is 57.7 Å². The first-order valence-corrected chi connectivity index (χ1v) is 14.0. The number of H-pyrrole nitrogens is 2. The molecular formula is C32H36FN9. The van der Waals surface area contributed by atoms with Crippen molar-refractivity contribution in [3.05, 3.63) is 95.9 Å². The molecule has 4 heterocycles. The fourth-order valence-electron chi connectivity index (χ4n) is 4.75. The van der Waals surface area contributed by atoms with Crippen molar-refractivity contribution < 1.29 is 4.39 Å². The maximum Gasteiger partial charge on any atom is 0.161 e. The third kappa shape index (κ3) is 6.45. The van der Waals surface area contributed by atoms with Crippen molar-refractivity contribution in [2.75, 3.05) is 39.0 Å². The topological polar surface area (TPSA) is 110 Å². The van der Waals surface area contributed by atoms with Crippen LogP contribution in [0.1, 0.15) is 29.4 Å². The fourth-order valence-corrected chi connectivity index (χ4v) is 4.75. The van der Waals surface area contributed by atoms with E-state index in [-0.39, 0.29) is 5.82 Å². The number of nitrogens with zero attached hydrogens (tertiary/aromatic N) is 5. The van der Waals surface area contributed by atoms with Gasteiger partial charge in [-0.1, -0.05) is 25.7 Å². The van der Waals surface area contributed by atoms with E-state index < -0.39 is 0 Å². The summed E-state index contributed by atoms with van der Waals surface area (Å²) in [6, 6.07) is 10.9. The first-order chi connectivity index (χ1) is 20.4. The monoisotopic (exact) mass is 565 g/mol. The first-order valence-electron chi connectivity index (χ1n) is 14.0. The second-order valence-electron chi connectivity index (χ2n) is 10.4. The normalized spacial score (nSPS) is 11.9. The zero-order valence-corrected chi connectivity index (χ0v) is 24.4. The van der Waals surface area contributed by atoms with Crippen LogP contribution in [0.5, 0.6) is 0 Å². The summed E-state index contributed by atoms with van der Waals surface area (Å²) in [4.78, 5) is 19.7. The van der Waals surface area contributed by atoms with Gasteiger partial charge in [-0.05, 0) is 75.1 Å². The van der Waals surface area contributed by atoms with Crippen molar-refractivity contribution in [3.63, 3.8) is 0 Å². The Balaban J connectivity index is 1.50. The Kier molecular flexibility index (Phi) is 8.85. The molecule has 0 saturated carbocycles. The predicted octanol–water partition coefficient (Wildman–Crippen LogP) is 5.56. The summed E-state index contributed by atoms with van der Waals surface area (Å²) in [6.07, 6.45) is 7.20. The highest BCUT2D eigenvalue weighted by Crippen LogP contribution is 2.32. The van der Waals surface area contributed by atoms with E-state index in [2.05, 4.69) is 55.3 Å². The van der Waals surface area contributed by atoms with Gasteiger partial charge in [-0.25, -0.2) is 14.4 Å². The highest BCUT2D eigenvalue weighted by molar-refractivity contribution is 5.90. The minimum Gasteiger partial charge on any atom is -0.384 e. The Morgan fingerprint density at radius 3 is 2.76 bits per heavy atom. The summed E-state index contributed by atoms with van der Waals surface area (Å²) >= 11 is 0. The van der Waals surface area contributed by atoms with E-state index in [0.717, 1.165) is 53.2 Å².